The number of hydrogen-bond acceptors (Lipinski definition) is 3. The zero-order chi connectivity index (χ0) is 17.8. The smallest absolute Gasteiger partial charge is 0.255 e. The normalized spacial score (nSPS) is 10.4. The number of aromatic nitrogens is 1. The third-order valence-electron chi connectivity index (χ3n) is 3.52. The number of carbonyl (C=O) groups excluding carboxylic acids is 1. The van der Waals surface area contributed by atoms with E-state index in [-0.39, 0.29) is 5.91 Å². The van der Waals surface area contributed by atoms with Crippen LogP contribution in [0.25, 0.3) is 0 Å². The molecule has 0 saturated carbocycles. The maximum Gasteiger partial charge on any atom is 0.255 e. The minimum atomic E-state index is -0.177. The second-order valence-corrected chi connectivity index (χ2v) is 6.27. The molecule has 2 N–H and O–H groups in total. The Labute approximate surface area is 155 Å². The molecule has 0 spiro atoms. The van der Waals surface area contributed by atoms with E-state index >= 15 is 0 Å². The fourth-order valence-corrected chi connectivity index (χ4v) is 2.62. The molecule has 4 nitrogen and oxygen atoms in total. The van der Waals surface area contributed by atoms with Crippen molar-refractivity contribution < 1.29 is 4.79 Å². The van der Waals surface area contributed by atoms with Gasteiger partial charge in [0.25, 0.3) is 5.91 Å². The molecule has 6 heteroatoms. The van der Waals surface area contributed by atoms with Crippen molar-refractivity contribution in [1.82, 2.24) is 4.98 Å². The molecule has 25 heavy (non-hydrogen) atoms. The van der Waals surface area contributed by atoms with E-state index in [0.29, 0.717) is 32.8 Å². The molecule has 0 unspecified atom stereocenters. The van der Waals surface area contributed by atoms with Gasteiger partial charge in [-0.15, -0.1) is 0 Å². The van der Waals surface area contributed by atoms with Crippen LogP contribution in [0, 0.1) is 6.92 Å². The summed E-state index contributed by atoms with van der Waals surface area (Å²) >= 11 is 12.1. The first-order valence-corrected chi connectivity index (χ1v) is 8.33. The van der Waals surface area contributed by atoms with Crippen molar-refractivity contribution in [2.75, 3.05) is 10.6 Å². The first-order chi connectivity index (χ1) is 12.0. The highest BCUT2D eigenvalue weighted by atomic mass is 35.5. The molecule has 1 amide bonds. The monoisotopic (exact) mass is 371 g/mol. The molecule has 0 saturated heterocycles. The van der Waals surface area contributed by atoms with Crippen LogP contribution < -0.4 is 10.6 Å². The van der Waals surface area contributed by atoms with E-state index in [1.807, 2.05) is 31.2 Å². The first kappa shape index (κ1) is 17.3. The van der Waals surface area contributed by atoms with Crippen LogP contribution in [0.15, 0.2) is 60.8 Å². The van der Waals surface area contributed by atoms with Crippen molar-refractivity contribution in [3.05, 3.63) is 82.0 Å². The minimum Gasteiger partial charge on any atom is -0.339 e. The Morgan fingerprint density at radius 1 is 1.04 bits per heavy atom. The Balaban J connectivity index is 1.70. The van der Waals surface area contributed by atoms with Crippen LogP contribution in [0.4, 0.5) is 17.2 Å². The summed E-state index contributed by atoms with van der Waals surface area (Å²) < 4.78 is 0. The Bertz CT molecular complexity index is 911. The van der Waals surface area contributed by atoms with Gasteiger partial charge in [0.2, 0.25) is 0 Å². The Hall–Kier alpha value is -2.56. The predicted octanol–water partition coefficient (Wildman–Crippen LogP) is 5.69. The number of hydrogen-bond donors (Lipinski definition) is 2. The average molecular weight is 372 g/mol. The second kappa shape index (κ2) is 7.55. The van der Waals surface area contributed by atoms with Crippen molar-refractivity contribution >= 4 is 46.3 Å². The van der Waals surface area contributed by atoms with Crippen molar-refractivity contribution in [3.8, 4) is 0 Å². The maximum atomic E-state index is 12.2. The highest BCUT2D eigenvalue weighted by molar-refractivity contribution is 6.43. The molecule has 0 atom stereocenters. The molecule has 0 radical (unpaired) electrons. The molecule has 3 rings (SSSR count). The van der Waals surface area contributed by atoms with Gasteiger partial charge in [0.05, 0.1) is 27.6 Å². The quantitative estimate of drug-likeness (QED) is 0.618. The van der Waals surface area contributed by atoms with Gasteiger partial charge in [-0.3, -0.25) is 4.79 Å². The van der Waals surface area contributed by atoms with Gasteiger partial charge in [-0.25, -0.2) is 4.98 Å². The molecule has 0 fully saturated rings. The van der Waals surface area contributed by atoms with E-state index in [4.69, 9.17) is 23.2 Å². The highest BCUT2D eigenvalue weighted by Gasteiger charge is 2.08. The van der Waals surface area contributed by atoms with Gasteiger partial charge >= 0.3 is 0 Å². The van der Waals surface area contributed by atoms with Crippen LogP contribution in [0.5, 0.6) is 0 Å². The molecule has 2 aromatic carbocycles. The molecule has 1 aromatic heterocycles. The van der Waals surface area contributed by atoms with E-state index in [1.165, 1.54) is 0 Å². The number of aryl methyl sites for hydroxylation is 1. The number of nitrogens with zero attached hydrogens (tertiary/aromatic N) is 1. The largest absolute Gasteiger partial charge is 0.339 e. The van der Waals surface area contributed by atoms with Crippen LogP contribution >= 0.6 is 23.2 Å². The van der Waals surface area contributed by atoms with E-state index in [0.717, 1.165) is 5.56 Å². The lowest BCUT2D eigenvalue weighted by atomic mass is 10.1. The summed E-state index contributed by atoms with van der Waals surface area (Å²) in [6.45, 7) is 1.94. The number of amides is 1. The van der Waals surface area contributed by atoms with Crippen LogP contribution in [0.2, 0.25) is 10.0 Å². The molecule has 0 aliphatic rings. The summed E-state index contributed by atoms with van der Waals surface area (Å²) in [5.41, 5.74) is 2.91. The second-order valence-electron chi connectivity index (χ2n) is 5.48. The summed E-state index contributed by atoms with van der Waals surface area (Å²) in [5.74, 6) is 0.418. The number of benzene rings is 2. The summed E-state index contributed by atoms with van der Waals surface area (Å²) in [7, 11) is 0. The van der Waals surface area contributed by atoms with Gasteiger partial charge < -0.3 is 10.6 Å². The van der Waals surface area contributed by atoms with E-state index < -0.39 is 0 Å². The molecule has 1 heterocycles. The van der Waals surface area contributed by atoms with Crippen LogP contribution in [-0.4, -0.2) is 10.9 Å². The van der Waals surface area contributed by atoms with Crippen LogP contribution in [0.3, 0.4) is 0 Å². The number of anilines is 3. The van der Waals surface area contributed by atoms with Crippen molar-refractivity contribution in [2.45, 2.75) is 6.92 Å². The Morgan fingerprint density at radius 2 is 1.84 bits per heavy atom. The van der Waals surface area contributed by atoms with Crippen molar-refractivity contribution in [1.29, 1.82) is 0 Å². The average Bonchev–Trinajstić information content (AvgIpc) is 2.60. The van der Waals surface area contributed by atoms with Gasteiger partial charge in [0, 0.05) is 5.56 Å². The van der Waals surface area contributed by atoms with Gasteiger partial charge in [0.1, 0.15) is 5.82 Å². The summed E-state index contributed by atoms with van der Waals surface area (Å²) in [6, 6.07) is 16.2. The van der Waals surface area contributed by atoms with E-state index in [2.05, 4.69) is 15.6 Å². The molecule has 0 aliphatic carbocycles. The minimum absolute atomic E-state index is 0.177. The summed E-state index contributed by atoms with van der Waals surface area (Å²) in [4.78, 5) is 16.5. The lowest BCUT2D eigenvalue weighted by Crippen LogP contribution is -2.12. The maximum absolute atomic E-state index is 12.2. The summed E-state index contributed by atoms with van der Waals surface area (Å²) in [6.07, 6.45) is 1.58. The Morgan fingerprint density at radius 3 is 2.56 bits per heavy atom. The van der Waals surface area contributed by atoms with Gasteiger partial charge in [0.15, 0.2) is 0 Å². The van der Waals surface area contributed by atoms with Crippen molar-refractivity contribution in [2.24, 2.45) is 0 Å². The predicted molar refractivity (Wildman–Crippen MR) is 103 cm³/mol. The van der Waals surface area contributed by atoms with Crippen molar-refractivity contribution in [3.63, 3.8) is 0 Å². The molecule has 0 aliphatic heterocycles. The highest BCUT2D eigenvalue weighted by Crippen LogP contribution is 2.31. The van der Waals surface area contributed by atoms with E-state index in [1.54, 1.807) is 36.5 Å². The number of pyridine rings is 1. The fraction of sp³-hybridized carbons (Fsp3) is 0.0526. The molecular formula is C19H15Cl2N3O. The van der Waals surface area contributed by atoms with E-state index in [9.17, 15) is 4.79 Å². The van der Waals surface area contributed by atoms with Crippen LogP contribution in [0.1, 0.15) is 15.9 Å². The summed E-state index contributed by atoms with van der Waals surface area (Å²) in [5, 5.41) is 6.81. The lowest BCUT2D eigenvalue weighted by molar-refractivity contribution is 0.102. The van der Waals surface area contributed by atoms with Gasteiger partial charge in [-0.1, -0.05) is 47.0 Å². The topological polar surface area (TPSA) is 54.0 Å². The third-order valence-corrected chi connectivity index (χ3v) is 4.33. The number of carbonyl (C=O) groups is 1. The third kappa shape index (κ3) is 4.29. The standard InChI is InChI=1S/C19H15Cl2N3O/c1-12-4-2-5-13(10-12)19(25)23-14-8-9-17(22-11-14)24-16-7-3-6-15(20)18(16)21/h2-11H,1H3,(H,22,24)(H,23,25). The Kier molecular flexibility index (Phi) is 5.22. The lowest BCUT2D eigenvalue weighted by Gasteiger charge is -2.10. The zero-order valence-electron chi connectivity index (χ0n) is 13.4. The molecular weight excluding hydrogens is 357 g/mol. The number of rotatable bonds is 4. The first-order valence-electron chi connectivity index (χ1n) is 7.58. The number of halogens is 2. The molecule has 126 valence electrons. The van der Waals surface area contributed by atoms with Gasteiger partial charge in [-0.2, -0.15) is 0 Å². The molecule has 0 bridgehead atoms. The number of nitrogens with one attached hydrogen (secondary N) is 2. The SMILES string of the molecule is Cc1cccc(C(=O)Nc2ccc(Nc3cccc(Cl)c3Cl)nc2)c1. The zero-order valence-corrected chi connectivity index (χ0v) is 14.9. The molecule has 3 aromatic rings. The van der Waals surface area contributed by atoms with Crippen LogP contribution in [-0.2, 0) is 0 Å². The fourth-order valence-electron chi connectivity index (χ4n) is 2.27. The van der Waals surface area contributed by atoms with Gasteiger partial charge in [-0.05, 0) is 43.3 Å².